The number of thiophene rings is 1. The van der Waals surface area contributed by atoms with Crippen molar-refractivity contribution < 1.29 is 15.0 Å². The van der Waals surface area contributed by atoms with E-state index in [0.717, 1.165) is 61.8 Å². The highest BCUT2D eigenvalue weighted by Crippen LogP contribution is 2.45. The molecule has 176 valence electrons. The van der Waals surface area contributed by atoms with Gasteiger partial charge in [0.25, 0.3) is 0 Å². The van der Waals surface area contributed by atoms with Crippen molar-refractivity contribution in [1.82, 2.24) is 0 Å². The molecule has 1 saturated carbocycles. The number of aliphatic hydroxyl groups excluding tert-OH is 1. The Hall–Kier alpha value is -1.36. The first kappa shape index (κ1) is 25.3. The lowest BCUT2D eigenvalue weighted by atomic mass is 9.84. The zero-order valence-corrected chi connectivity index (χ0v) is 21.1. The van der Waals surface area contributed by atoms with E-state index in [1.165, 1.54) is 16.9 Å². The van der Waals surface area contributed by atoms with E-state index in [1.807, 2.05) is 6.07 Å². The molecule has 5 heteroatoms. The molecule has 0 spiro atoms. The van der Waals surface area contributed by atoms with E-state index in [4.69, 9.17) is 16.7 Å². The van der Waals surface area contributed by atoms with Gasteiger partial charge in [-0.3, -0.25) is 0 Å². The first-order chi connectivity index (χ1) is 15.1. The Labute approximate surface area is 201 Å². The highest BCUT2D eigenvalue weighted by atomic mass is 35.5. The van der Waals surface area contributed by atoms with E-state index >= 15 is 0 Å². The van der Waals surface area contributed by atoms with E-state index in [0.29, 0.717) is 22.1 Å². The van der Waals surface area contributed by atoms with Gasteiger partial charge in [0.05, 0.1) is 6.10 Å². The monoisotopic (exact) mass is 476 g/mol. The summed E-state index contributed by atoms with van der Waals surface area (Å²) >= 11 is 8.13. The smallest absolute Gasteiger partial charge is 0.345 e. The molecule has 4 atom stereocenters. The summed E-state index contributed by atoms with van der Waals surface area (Å²) in [6.07, 6.45) is 7.79. The highest BCUT2D eigenvalue weighted by Gasteiger charge is 2.35. The number of carbonyl (C=O) groups is 1. The first-order valence-corrected chi connectivity index (χ1v) is 13.1. The number of hydrogen-bond acceptors (Lipinski definition) is 3. The average molecular weight is 477 g/mol. The van der Waals surface area contributed by atoms with Crippen molar-refractivity contribution in [2.45, 2.75) is 89.5 Å². The van der Waals surface area contributed by atoms with Crippen LogP contribution >= 0.6 is 22.9 Å². The second-order valence-electron chi connectivity index (χ2n) is 10.5. The van der Waals surface area contributed by atoms with Gasteiger partial charge in [-0.2, -0.15) is 0 Å². The molecule has 0 bridgehead atoms. The zero-order chi connectivity index (χ0) is 23.3. The van der Waals surface area contributed by atoms with Crippen LogP contribution in [0, 0.1) is 11.3 Å². The van der Waals surface area contributed by atoms with Crippen molar-refractivity contribution in [3.8, 4) is 0 Å². The molecule has 3 rings (SSSR count). The lowest BCUT2D eigenvalue weighted by Crippen LogP contribution is -2.14. The standard InChI is InChI=1S/C27H37ClO3S/c1-27(2,3)17-5-8-23(29)18-9-11-20(12-10-18)25-19(13-15-22(25)28)6-4-7-21-14-16-24(32-21)26(30)31/h9-12,14,16,19,22-23,25,29H,4-8,13,15,17H2,1-3H3,(H,30,31). The minimum atomic E-state index is -0.843. The summed E-state index contributed by atoms with van der Waals surface area (Å²) < 4.78 is 0. The fraction of sp³-hybridized carbons (Fsp3) is 0.593. The van der Waals surface area contributed by atoms with E-state index < -0.39 is 12.1 Å². The predicted molar refractivity (Wildman–Crippen MR) is 134 cm³/mol. The summed E-state index contributed by atoms with van der Waals surface area (Å²) in [5.41, 5.74) is 2.58. The van der Waals surface area contributed by atoms with Crippen LogP contribution in [0.1, 0.15) is 103 Å². The van der Waals surface area contributed by atoms with Gasteiger partial charge in [0.2, 0.25) is 0 Å². The summed E-state index contributed by atoms with van der Waals surface area (Å²) in [6, 6.07) is 12.1. The molecule has 0 saturated heterocycles. The van der Waals surface area contributed by atoms with Crippen molar-refractivity contribution in [3.63, 3.8) is 0 Å². The largest absolute Gasteiger partial charge is 0.477 e. The van der Waals surface area contributed by atoms with Crippen LogP contribution in [0.2, 0.25) is 0 Å². The Morgan fingerprint density at radius 1 is 1.12 bits per heavy atom. The number of aliphatic hydroxyl groups is 1. The minimum Gasteiger partial charge on any atom is -0.477 e. The molecule has 2 aromatic rings. The maximum atomic E-state index is 11.1. The number of hydrogen-bond donors (Lipinski definition) is 2. The number of aromatic carboxylic acids is 1. The average Bonchev–Trinajstić information content (AvgIpc) is 3.34. The van der Waals surface area contributed by atoms with E-state index in [1.54, 1.807) is 6.07 Å². The van der Waals surface area contributed by atoms with E-state index in [-0.39, 0.29) is 5.38 Å². The number of benzene rings is 1. The quantitative estimate of drug-likeness (QED) is 0.343. The van der Waals surface area contributed by atoms with Crippen molar-refractivity contribution in [2.75, 3.05) is 0 Å². The second kappa shape index (κ2) is 11.2. The Balaban J connectivity index is 1.54. The Morgan fingerprint density at radius 2 is 1.84 bits per heavy atom. The molecule has 2 N–H and O–H groups in total. The topological polar surface area (TPSA) is 57.5 Å². The number of rotatable bonds is 10. The number of aryl methyl sites for hydroxylation is 1. The van der Waals surface area contributed by atoms with E-state index in [2.05, 4.69) is 45.0 Å². The van der Waals surface area contributed by atoms with Gasteiger partial charge in [-0.05, 0) is 79.5 Å². The van der Waals surface area contributed by atoms with Crippen LogP contribution in [0.25, 0.3) is 0 Å². The van der Waals surface area contributed by atoms with Gasteiger partial charge in [0.1, 0.15) is 4.88 Å². The molecule has 0 radical (unpaired) electrons. The van der Waals surface area contributed by atoms with Crippen LogP contribution in [0.5, 0.6) is 0 Å². The van der Waals surface area contributed by atoms with Crippen molar-refractivity contribution in [1.29, 1.82) is 0 Å². The van der Waals surface area contributed by atoms with E-state index in [9.17, 15) is 9.90 Å². The molecule has 1 aromatic heterocycles. The van der Waals surface area contributed by atoms with Crippen molar-refractivity contribution >= 4 is 28.9 Å². The van der Waals surface area contributed by atoms with Gasteiger partial charge in [0, 0.05) is 16.2 Å². The molecule has 1 fully saturated rings. The lowest BCUT2D eigenvalue weighted by molar-refractivity contribution is 0.0702. The zero-order valence-electron chi connectivity index (χ0n) is 19.5. The Kier molecular flexibility index (Phi) is 8.82. The lowest BCUT2D eigenvalue weighted by Gasteiger charge is -2.23. The second-order valence-corrected chi connectivity index (χ2v) is 12.2. The van der Waals surface area contributed by atoms with Gasteiger partial charge in [0.15, 0.2) is 0 Å². The molecule has 3 nitrogen and oxygen atoms in total. The summed E-state index contributed by atoms with van der Waals surface area (Å²) in [7, 11) is 0. The molecule has 1 heterocycles. The number of carboxylic acid groups (broad SMARTS) is 1. The van der Waals surface area contributed by atoms with Crippen LogP contribution in [0.3, 0.4) is 0 Å². The van der Waals surface area contributed by atoms with Crippen LogP contribution in [-0.2, 0) is 6.42 Å². The third-order valence-electron chi connectivity index (χ3n) is 6.69. The van der Waals surface area contributed by atoms with Gasteiger partial charge in [-0.15, -0.1) is 22.9 Å². The summed E-state index contributed by atoms with van der Waals surface area (Å²) in [6.45, 7) is 6.72. The Morgan fingerprint density at radius 3 is 2.47 bits per heavy atom. The number of carboxylic acids is 1. The third-order valence-corrected chi connectivity index (χ3v) is 8.31. The van der Waals surface area contributed by atoms with Gasteiger partial charge < -0.3 is 10.2 Å². The molecule has 1 aliphatic carbocycles. The summed E-state index contributed by atoms with van der Waals surface area (Å²) in [4.78, 5) is 12.6. The molecule has 0 aliphatic heterocycles. The van der Waals surface area contributed by atoms with Gasteiger partial charge >= 0.3 is 5.97 Å². The molecule has 32 heavy (non-hydrogen) atoms. The maximum absolute atomic E-state index is 11.1. The normalized spacial score (nSPS) is 22.2. The molecule has 1 aliphatic rings. The fourth-order valence-corrected chi connectivity index (χ4v) is 6.30. The van der Waals surface area contributed by atoms with Crippen molar-refractivity contribution in [2.24, 2.45) is 11.3 Å². The molecule has 1 aromatic carbocycles. The predicted octanol–water partition coefficient (Wildman–Crippen LogP) is 7.82. The van der Waals surface area contributed by atoms with Crippen LogP contribution in [0.4, 0.5) is 0 Å². The fourth-order valence-electron chi connectivity index (χ4n) is 4.93. The highest BCUT2D eigenvalue weighted by molar-refractivity contribution is 7.13. The van der Waals surface area contributed by atoms with Crippen LogP contribution in [0.15, 0.2) is 36.4 Å². The first-order valence-electron chi connectivity index (χ1n) is 11.9. The van der Waals surface area contributed by atoms with Crippen LogP contribution in [-0.4, -0.2) is 21.6 Å². The molecule has 0 amide bonds. The maximum Gasteiger partial charge on any atom is 0.345 e. The molecular formula is C27H37ClO3S. The van der Waals surface area contributed by atoms with Gasteiger partial charge in [-0.1, -0.05) is 51.5 Å². The molecule has 4 unspecified atom stereocenters. The van der Waals surface area contributed by atoms with Gasteiger partial charge in [-0.25, -0.2) is 4.79 Å². The summed E-state index contributed by atoms with van der Waals surface area (Å²) in [5, 5.41) is 19.8. The summed E-state index contributed by atoms with van der Waals surface area (Å²) in [5.74, 6) is 0.0606. The van der Waals surface area contributed by atoms with Crippen LogP contribution < -0.4 is 0 Å². The SMILES string of the molecule is CC(C)(C)CCCC(O)c1ccc(C2C(Cl)CCC2CCCc2ccc(C(=O)O)s2)cc1. The third kappa shape index (κ3) is 7.07. The molecular weight excluding hydrogens is 440 g/mol. The number of alkyl halides is 1. The Bertz CT molecular complexity index is 868. The number of halogens is 1. The van der Waals surface area contributed by atoms with Crippen molar-refractivity contribution in [3.05, 3.63) is 57.3 Å². The minimum absolute atomic E-state index is 0.155.